The molecule has 1 aromatic heterocycles. The number of alkyl halides is 6. The minimum absolute atomic E-state index is 0.0498. The van der Waals surface area contributed by atoms with Gasteiger partial charge in [-0.05, 0) is 53.9 Å². The Bertz CT molecular complexity index is 1160. The van der Waals surface area contributed by atoms with E-state index in [0.717, 1.165) is 39.2 Å². The van der Waals surface area contributed by atoms with Crippen LogP contribution in [0.5, 0.6) is 5.75 Å². The molecule has 0 radical (unpaired) electrons. The molecule has 1 atom stereocenters. The van der Waals surface area contributed by atoms with Crippen molar-refractivity contribution in [3.63, 3.8) is 0 Å². The molecule has 1 heterocycles. The van der Waals surface area contributed by atoms with E-state index in [1.807, 2.05) is 30.3 Å². The molecule has 2 aromatic carbocycles. The topological polar surface area (TPSA) is 75.6 Å². The predicted octanol–water partition coefficient (Wildman–Crippen LogP) is 6.90. The maximum atomic E-state index is 13.2. The van der Waals surface area contributed by atoms with Gasteiger partial charge in [-0.1, -0.05) is 18.2 Å². The Morgan fingerprint density at radius 1 is 1.06 bits per heavy atom. The van der Waals surface area contributed by atoms with Crippen molar-refractivity contribution >= 4 is 45.1 Å². The van der Waals surface area contributed by atoms with E-state index in [2.05, 4.69) is 19.5 Å². The van der Waals surface area contributed by atoms with E-state index in [1.165, 1.54) is 11.3 Å². The van der Waals surface area contributed by atoms with Crippen LogP contribution < -0.4 is 4.74 Å². The number of oxime groups is 1. The monoisotopic (exact) mass is 555 g/mol. The summed E-state index contributed by atoms with van der Waals surface area (Å²) in [7, 11) is 0. The fourth-order valence-electron chi connectivity index (χ4n) is 2.73. The largest absolute Gasteiger partial charge is 0.482 e. The van der Waals surface area contributed by atoms with E-state index in [-0.39, 0.29) is 5.75 Å². The van der Waals surface area contributed by atoms with Gasteiger partial charge in [0.2, 0.25) is 0 Å². The van der Waals surface area contributed by atoms with E-state index < -0.39 is 53.7 Å². The predicted molar refractivity (Wildman–Crippen MR) is 118 cm³/mol. The van der Waals surface area contributed by atoms with Gasteiger partial charge in [0.25, 0.3) is 0 Å². The summed E-state index contributed by atoms with van der Waals surface area (Å²) in [6.45, 7) is 1.20. The maximum absolute atomic E-state index is 13.2. The van der Waals surface area contributed by atoms with Gasteiger partial charge in [-0.2, -0.15) is 31.3 Å². The minimum atomic E-state index is -5.05. The molecule has 0 aliphatic heterocycles. The van der Waals surface area contributed by atoms with Gasteiger partial charge >= 0.3 is 17.7 Å². The van der Waals surface area contributed by atoms with Crippen LogP contribution >= 0.6 is 23.4 Å². The molecule has 0 bridgehead atoms. The van der Waals surface area contributed by atoms with Crippen molar-refractivity contribution in [2.45, 2.75) is 24.7 Å². The van der Waals surface area contributed by atoms with E-state index in [0.29, 0.717) is 0 Å². The van der Waals surface area contributed by atoms with Gasteiger partial charge < -0.3 is 9.47 Å². The molecule has 36 heavy (non-hydrogen) atoms. The van der Waals surface area contributed by atoms with Crippen LogP contribution in [0.25, 0.3) is 10.1 Å². The third-order valence-corrected chi connectivity index (χ3v) is 5.81. The molecule has 1 unspecified atom stereocenters. The van der Waals surface area contributed by atoms with Crippen molar-refractivity contribution in [2.24, 2.45) is 5.16 Å². The van der Waals surface area contributed by atoms with Gasteiger partial charge in [0.15, 0.2) is 12.3 Å². The first-order valence-electron chi connectivity index (χ1n) is 9.73. The van der Waals surface area contributed by atoms with Crippen molar-refractivity contribution in [1.29, 1.82) is 0 Å². The zero-order valence-corrected chi connectivity index (χ0v) is 19.6. The van der Waals surface area contributed by atoms with Crippen molar-refractivity contribution in [3.8, 4) is 5.75 Å². The third-order valence-electron chi connectivity index (χ3n) is 4.22. The van der Waals surface area contributed by atoms with Gasteiger partial charge in [-0.3, -0.25) is 0 Å². The summed E-state index contributed by atoms with van der Waals surface area (Å²) in [5.41, 5.74) is -7.01. The smallest absolute Gasteiger partial charge is 0.471 e. The maximum Gasteiger partial charge on any atom is 0.471 e. The normalized spacial score (nSPS) is 13.5. The van der Waals surface area contributed by atoms with Crippen molar-refractivity contribution in [3.05, 3.63) is 65.0 Å². The van der Waals surface area contributed by atoms with Crippen LogP contribution in [0, 0.1) is 0 Å². The van der Waals surface area contributed by atoms with E-state index in [4.69, 9.17) is 9.47 Å². The molecular formula is C21H15F6NO6S2. The lowest BCUT2D eigenvalue weighted by molar-refractivity contribution is -0.464. The summed E-state index contributed by atoms with van der Waals surface area (Å²) in [6.07, 6.45) is -5.58. The fourth-order valence-corrected chi connectivity index (χ4v) is 3.90. The number of esters is 1. The minimum Gasteiger partial charge on any atom is -0.482 e. The van der Waals surface area contributed by atoms with E-state index >= 15 is 0 Å². The molecule has 0 fully saturated rings. The first kappa shape index (κ1) is 27.6. The first-order chi connectivity index (χ1) is 16.9. The van der Waals surface area contributed by atoms with Gasteiger partial charge in [0.1, 0.15) is 23.9 Å². The number of benzene rings is 2. The number of hydrogen-bond donors (Lipinski definition) is 0. The third kappa shape index (κ3) is 8.29. The van der Waals surface area contributed by atoms with Crippen LogP contribution in [-0.2, 0) is 23.9 Å². The number of carbonyl (C=O) groups excluding carboxylic acids is 1. The van der Waals surface area contributed by atoms with Crippen LogP contribution in [0.2, 0.25) is 0 Å². The Labute approximate surface area is 207 Å². The Morgan fingerprint density at radius 3 is 2.39 bits per heavy atom. The molecule has 0 spiro atoms. The zero-order chi connectivity index (χ0) is 26.3. The molecule has 0 amide bonds. The summed E-state index contributed by atoms with van der Waals surface area (Å²) < 4.78 is 90.3. The number of rotatable bonds is 10. The zero-order valence-electron chi connectivity index (χ0n) is 18.0. The van der Waals surface area contributed by atoms with Crippen LogP contribution in [0.1, 0.15) is 23.5 Å². The Morgan fingerprint density at radius 2 is 1.75 bits per heavy atom. The molecule has 0 saturated heterocycles. The highest BCUT2D eigenvalue weighted by atomic mass is 32.2. The number of fused-ring (bicyclic) bond motifs is 1. The summed E-state index contributed by atoms with van der Waals surface area (Å²) in [4.78, 5) is 16.7. The summed E-state index contributed by atoms with van der Waals surface area (Å²) >= 11 is 0.328. The molecule has 7 nitrogen and oxygen atoms in total. The second-order valence-electron chi connectivity index (χ2n) is 6.81. The number of carbonyl (C=O) groups is 1. The van der Waals surface area contributed by atoms with Gasteiger partial charge in [0.05, 0.1) is 0 Å². The Kier molecular flexibility index (Phi) is 9.05. The lowest BCUT2D eigenvalue weighted by Gasteiger charge is -2.13. The quantitative estimate of drug-likeness (QED) is 0.0513. The highest BCUT2D eigenvalue weighted by Crippen LogP contribution is 2.32. The van der Waals surface area contributed by atoms with Gasteiger partial charge in [0, 0.05) is 20.2 Å². The molecular weight excluding hydrogens is 540 g/mol. The number of hydrogen-bond acceptors (Lipinski definition) is 9. The Hall–Kier alpha value is -3.01. The Balaban J connectivity index is 1.53. The number of halogens is 6. The second kappa shape index (κ2) is 11.8. The van der Waals surface area contributed by atoms with E-state index in [9.17, 15) is 31.1 Å². The lowest BCUT2D eigenvalue weighted by Crippen LogP contribution is -2.24. The van der Waals surface area contributed by atoms with Crippen LogP contribution in [0.15, 0.2) is 59.8 Å². The molecule has 0 N–H and O–H groups in total. The van der Waals surface area contributed by atoms with Gasteiger partial charge in [-0.25, -0.2) is 4.79 Å². The molecule has 3 aromatic rings. The fraction of sp³-hybridized carbons (Fsp3) is 0.238. The molecule has 3 rings (SSSR count). The first-order valence-corrected chi connectivity index (χ1v) is 11.3. The van der Waals surface area contributed by atoms with Gasteiger partial charge in [-0.15, -0.1) is 15.7 Å². The van der Waals surface area contributed by atoms with Crippen LogP contribution in [0.3, 0.4) is 0 Å². The summed E-state index contributed by atoms with van der Waals surface area (Å²) in [5.74, 6) is -0.641. The standard InChI is InChI=1S/C21H15F6NO6S2/c1-12(17-10-14-4-2-3-5-16(14)35-17)31-18(29)11-30-15-8-6-13(7-9-15)19(20(22,23)24)28-32-33-34-36-21(25,26)27/h2-10,12H,11H2,1H3. The molecule has 0 aliphatic carbocycles. The van der Waals surface area contributed by atoms with Crippen molar-refractivity contribution in [2.75, 3.05) is 6.61 Å². The number of thiophene rings is 1. The van der Waals surface area contributed by atoms with E-state index in [1.54, 1.807) is 6.92 Å². The van der Waals surface area contributed by atoms with Crippen LogP contribution in [0.4, 0.5) is 26.3 Å². The molecule has 15 heteroatoms. The SMILES string of the molecule is CC(OC(=O)COc1ccc(C(=NOOOSC(F)(F)F)C(F)(F)F)cc1)c1cc2ccccc2s1. The molecule has 0 saturated carbocycles. The van der Waals surface area contributed by atoms with Crippen molar-refractivity contribution in [1.82, 2.24) is 0 Å². The average Bonchev–Trinajstić information content (AvgIpc) is 3.24. The molecule has 0 aliphatic rings. The second-order valence-corrected chi connectivity index (χ2v) is 8.69. The number of nitrogens with zero attached hydrogens (tertiary/aromatic N) is 1. The van der Waals surface area contributed by atoms with Crippen molar-refractivity contribution < 1.29 is 55.0 Å². The average molecular weight is 555 g/mol. The lowest BCUT2D eigenvalue weighted by atomic mass is 10.1. The summed E-state index contributed by atoms with van der Waals surface area (Å²) in [6, 6.07) is 13.7. The highest BCUT2D eigenvalue weighted by molar-refractivity contribution is 7.95. The molecule has 194 valence electrons. The number of ether oxygens (including phenoxy) is 2. The summed E-state index contributed by atoms with van der Waals surface area (Å²) in [5, 5.41) is 7.14. The highest BCUT2D eigenvalue weighted by Gasteiger charge is 2.38. The van der Waals surface area contributed by atoms with Crippen LogP contribution in [-0.4, -0.2) is 30.0 Å².